The molecule has 0 aliphatic carbocycles. The van der Waals surface area contributed by atoms with Crippen molar-refractivity contribution >= 4 is 5.91 Å². The molecule has 9 heteroatoms. The van der Waals surface area contributed by atoms with Crippen molar-refractivity contribution in [3.63, 3.8) is 0 Å². The number of nitrogens with one attached hydrogen (secondary N) is 1. The van der Waals surface area contributed by atoms with Gasteiger partial charge in [-0.1, -0.05) is 30.3 Å². The van der Waals surface area contributed by atoms with Crippen LogP contribution in [0.25, 0.3) is 0 Å². The Labute approximate surface area is 156 Å². The van der Waals surface area contributed by atoms with Gasteiger partial charge in [0.05, 0.1) is 19.8 Å². The summed E-state index contributed by atoms with van der Waals surface area (Å²) in [7, 11) is 0. The van der Waals surface area contributed by atoms with Crippen LogP contribution in [0.3, 0.4) is 0 Å². The van der Waals surface area contributed by atoms with Gasteiger partial charge in [0, 0.05) is 12.5 Å². The van der Waals surface area contributed by atoms with Crippen LogP contribution in [-0.4, -0.2) is 77.8 Å². The molecule has 1 amide bonds. The second kappa shape index (κ2) is 9.07. The minimum absolute atomic E-state index is 0.163. The SMILES string of the molecule is CC(=O)N[C@H]1[C@H](OC[C@H](O)CO)O[C@@H]2CO[C@@H](c3ccccc3)O[C@H]2[C@@H]1O. The topological polar surface area (TPSA) is 127 Å². The third kappa shape index (κ3) is 4.82. The summed E-state index contributed by atoms with van der Waals surface area (Å²) in [6.07, 6.45) is -5.23. The Kier molecular flexibility index (Phi) is 6.77. The van der Waals surface area contributed by atoms with Gasteiger partial charge < -0.3 is 39.6 Å². The molecule has 0 unspecified atom stereocenters. The van der Waals surface area contributed by atoms with Crippen molar-refractivity contribution in [2.24, 2.45) is 0 Å². The monoisotopic (exact) mass is 383 g/mol. The minimum Gasteiger partial charge on any atom is -0.394 e. The van der Waals surface area contributed by atoms with Gasteiger partial charge in [-0.15, -0.1) is 0 Å². The second-order valence-corrected chi connectivity index (χ2v) is 6.61. The lowest BCUT2D eigenvalue weighted by molar-refractivity contribution is -0.345. The first-order chi connectivity index (χ1) is 13.0. The molecule has 9 nitrogen and oxygen atoms in total. The highest BCUT2D eigenvalue weighted by Gasteiger charge is 2.50. The number of benzene rings is 1. The maximum absolute atomic E-state index is 11.6. The average Bonchev–Trinajstić information content (AvgIpc) is 2.68. The number of hydrogen-bond donors (Lipinski definition) is 4. The van der Waals surface area contributed by atoms with E-state index in [-0.39, 0.29) is 19.1 Å². The molecule has 0 aromatic heterocycles. The maximum Gasteiger partial charge on any atom is 0.217 e. The number of ether oxygens (including phenoxy) is 4. The van der Waals surface area contributed by atoms with E-state index < -0.39 is 49.6 Å². The number of amides is 1. The Bertz CT molecular complexity index is 615. The van der Waals surface area contributed by atoms with Gasteiger partial charge >= 0.3 is 0 Å². The molecule has 2 fully saturated rings. The molecule has 7 atom stereocenters. The fourth-order valence-electron chi connectivity index (χ4n) is 3.16. The van der Waals surface area contributed by atoms with Crippen molar-refractivity contribution in [3.05, 3.63) is 35.9 Å². The first-order valence-electron chi connectivity index (χ1n) is 8.82. The smallest absolute Gasteiger partial charge is 0.217 e. The Morgan fingerprint density at radius 1 is 1.33 bits per heavy atom. The van der Waals surface area contributed by atoms with E-state index in [1.807, 2.05) is 30.3 Å². The van der Waals surface area contributed by atoms with Crippen LogP contribution in [0.4, 0.5) is 0 Å². The van der Waals surface area contributed by atoms with E-state index in [2.05, 4.69) is 5.32 Å². The third-order valence-corrected chi connectivity index (χ3v) is 4.47. The van der Waals surface area contributed by atoms with E-state index in [0.29, 0.717) is 0 Å². The molecule has 4 N–H and O–H groups in total. The van der Waals surface area contributed by atoms with Gasteiger partial charge in [0.2, 0.25) is 5.91 Å². The highest BCUT2D eigenvalue weighted by atomic mass is 16.7. The molecule has 1 aromatic rings. The Morgan fingerprint density at radius 3 is 2.74 bits per heavy atom. The van der Waals surface area contributed by atoms with Crippen LogP contribution in [0.5, 0.6) is 0 Å². The van der Waals surface area contributed by atoms with E-state index in [1.165, 1.54) is 6.92 Å². The predicted octanol–water partition coefficient (Wildman–Crippen LogP) is -0.939. The zero-order valence-corrected chi connectivity index (χ0v) is 14.9. The lowest BCUT2D eigenvalue weighted by Crippen LogP contribution is -2.66. The number of rotatable bonds is 6. The summed E-state index contributed by atoms with van der Waals surface area (Å²) in [6, 6.07) is 8.41. The zero-order valence-electron chi connectivity index (χ0n) is 14.9. The zero-order chi connectivity index (χ0) is 19.4. The van der Waals surface area contributed by atoms with Crippen molar-refractivity contribution in [1.29, 1.82) is 0 Å². The van der Waals surface area contributed by atoms with Gasteiger partial charge in [0.15, 0.2) is 12.6 Å². The van der Waals surface area contributed by atoms with Gasteiger partial charge in [-0.05, 0) is 0 Å². The van der Waals surface area contributed by atoms with Crippen molar-refractivity contribution < 1.29 is 39.1 Å². The first-order valence-corrected chi connectivity index (χ1v) is 8.82. The molecule has 150 valence electrons. The number of carbonyl (C=O) groups excluding carboxylic acids is 1. The number of fused-ring (bicyclic) bond motifs is 1. The van der Waals surface area contributed by atoms with E-state index in [0.717, 1.165) is 5.56 Å². The predicted molar refractivity (Wildman–Crippen MR) is 91.3 cm³/mol. The Hall–Kier alpha value is -1.59. The van der Waals surface area contributed by atoms with Crippen LogP contribution in [0.1, 0.15) is 18.8 Å². The lowest BCUT2D eigenvalue weighted by Gasteiger charge is -2.47. The van der Waals surface area contributed by atoms with E-state index >= 15 is 0 Å². The molecule has 2 aliphatic heterocycles. The highest BCUT2D eigenvalue weighted by Crippen LogP contribution is 2.34. The van der Waals surface area contributed by atoms with Crippen molar-refractivity contribution in [1.82, 2.24) is 5.32 Å². The quantitative estimate of drug-likeness (QED) is 0.496. The molecule has 0 saturated carbocycles. The van der Waals surface area contributed by atoms with Gasteiger partial charge in [-0.25, -0.2) is 0 Å². The van der Waals surface area contributed by atoms with Gasteiger partial charge in [0.1, 0.15) is 30.5 Å². The number of carbonyl (C=O) groups is 1. The summed E-state index contributed by atoms with van der Waals surface area (Å²) in [5.74, 6) is -0.371. The molecule has 2 saturated heterocycles. The normalized spacial score (nSPS) is 34.5. The van der Waals surface area contributed by atoms with Gasteiger partial charge in [-0.2, -0.15) is 0 Å². The van der Waals surface area contributed by atoms with E-state index in [4.69, 9.17) is 24.1 Å². The molecular formula is C18H25NO8. The van der Waals surface area contributed by atoms with Crippen molar-refractivity contribution in [2.45, 2.75) is 50.0 Å². The van der Waals surface area contributed by atoms with Crippen LogP contribution >= 0.6 is 0 Å². The second-order valence-electron chi connectivity index (χ2n) is 6.61. The number of aliphatic hydroxyl groups excluding tert-OH is 3. The molecule has 0 spiro atoms. The molecule has 2 heterocycles. The fourth-order valence-corrected chi connectivity index (χ4v) is 3.16. The van der Waals surface area contributed by atoms with Crippen LogP contribution in [0.15, 0.2) is 30.3 Å². The van der Waals surface area contributed by atoms with Crippen LogP contribution in [0.2, 0.25) is 0 Å². The molecule has 27 heavy (non-hydrogen) atoms. The Balaban J connectivity index is 1.72. The van der Waals surface area contributed by atoms with Crippen LogP contribution in [0, 0.1) is 0 Å². The van der Waals surface area contributed by atoms with Gasteiger partial charge in [0.25, 0.3) is 0 Å². The third-order valence-electron chi connectivity index (χ3n) is 4.47. The molecular weight excluding hydrogens is 358 g/mol. The summed E-state index contributed by atoms with van der Waals surface area (Å²) in [6.45, 7) is 0.791. The van der Waals surface area contributed by atoms with Crippen molar-refractivity contribution in [3.8, 4) is 0 Å². The highest BCUT2D eigenvalue weighted by molar-refractivity contribution is 5.73. The lowest BCUT2D eigenvalue weighted by atomic mass is 9.95. The first kappa shape index (κ1) is 20.2. The standard InChI is InChI=1S/C18H25NO8/c1-10(21)19-14-15(23)16-13(26-18(14)24-8-12(22)7-20)9-25-17(27-16)11-5-3-2-4-6-11/h2-6,12-18,20,22-23H,7-9H2,1H3,(H,19,21)/t12-,13-,14-,15-,16-,17-,18-/m1/s1. The summed E-state index contributed by atoms with van der Waals surface area (Å²) in [5, 5.41) is 31.8. The van der Waals surface area contributed by atoms with Crippen LogP contribution in [-0.2, 0) is 23.7 Å². The van der Waals surface area contributed by atoms with Gasteiger partial charge in [-0.3, -0.25) is 4.79 Å². The molecule has 2 aliphatic rings. The maximum atomic E-state index is 11.6. The fraction of sp³-hybridized carbons (Fsp3) is 0.611. The molecule has 0 radical (unpaired) electrons. The molecule has 0 bridgehead atoms. The average molecular weight is 383 g/mol. The molecule has 1 aromatic carbocycles. The summed E-state index contributed by atoms with van der Waals surface area (Å²) in [5.41, 5.74) is 0.809. The van der Waals surface area contributed by atoms with Crippen LogP contribution < -0.4 is 5.32 Å². The minimum atomic E-state index is -1.11. The summed E-state index contributed by atoms with van der Waals surface area (Å²) in [4.78, 5) is 11.6. The van der Waals surface area contributed by atoms with E-state index in [9.17, 15) is 15.0 Å². The summed E-state index contributed by atoms with van der Waals surface area (Å²) >= 11 is 0. The molecule has 3 rings (SSSR count). The van der Waals surface area contributed by atoms with E-state index in [1.54, 1.807) is 0 Å². The number of aliphatic hydroxyl groups is 3. The largest absolute Gasteiger partial charge is 0.394 e. The van der Waals surface area contributed by atoms with Crippen molar-refractivity contribution in [2.75, 3.05) is 19.8 Å². The Morgan fingerprint density at radius 2 is 2.07 bits per heavy atom. The summed E-state index contributed by atoms with van der Waals surface area (Å²) < 4.78 is 22.9. The number of hydrogen-bond acceptors (Lipinski definition) is 8.